The first-order valence-corrected chi connectivity index (χ1v) is 7.28. The van der Waals surface area contributed by atoms with Crippen molar-refractivity contribution in [1.82, 2.24) is 4.72 Å². The van der Waals surface area contributed by atoms with Gasteiger partial charge < -0.3 is 5.73 Å². The highest BCUT2D eigenvalue weighted by Crippen LogP contribution is 2.31. The van der Waals surface area contributed by atoms with Gasteiger partial charge in [0.1, 0.15) is 4.90 Å². The number of nitrogens with two attached hydrogens (primary N) is 1. The molecule has 0 saturated heterocycles. The van der Waals surface area contributed by atoms with Crippen molar-refractivity contribution in [1.29, 1.82) is 0 Å². The van der Waals surface area contributed by atoms with Crippen LogP contribution in [0.2, 0.25) is 10.0 Å². The highest BCUT2D eigenvalue weighted by molar-refractivity contribution is 7.89. The molecule has 0 heterocycles. The zero-order chi connectivity index (χ0) is 13.9. The number of nitrogens with one attached hydrogen (secondary N) is 1. The first-order valence-electron chi connectivity index (χ1n) is 5.04. The molecular formula is C11H12Cl2N2O2S. The van der Waals surface area contributed by atoms with E-state index in [1.54, 1.807) is 6.92 Å². The van der Waals surface area contributed by atoms with Gasteiger partial charge in [0.15, 0.2) is 0 Å². The van der Waals surface area contributed by atoms with E-state index in [0.717, 1.165) is 0 Å². The van der Waals surface area contributed by atoms with Crippen LogP contribution in [0.1, 0.15) is 13.3 Å². The van der Waals surface area contributed by atoms with E-state index in [4.69, 9.17) is 35.4 Å². The topological polar surface area (TPSA) is 72.2 Å². The van der Waals surface area contributed by atoms with Gasteiger partial charge in [0, 0.05) is 5.69 Å². The lowest BCUT2D eigenvalue weighted by molar-refractivity contribution is 0.570. The monoisotopic (exact) mass is 306 g/mol. The van der Waals surface area contributed by atoms with E-state index in [9.17, 15) is 8.42 Å². The number of rotatable bonds is 4. The molecule has 4 nitrogen and oxygen atoms in total. The van der Waals surface area contributed by atoms with Crippen LogP contribution >= 0.6 is 23.2 Å². The van der Waals surface area contributed by atoms with Gasteiger partial charge in [-0.15, -0.1) is 6.42 Å². The molecule has 18 heavy (non-hydrogen) atoms. The molecule has 0 aliphatic rings. The van der Waals surface area contributed by atoms with Crippen molar-refractivity contribution < 1.29 is 8.42 Å². The van der Waals surface area contributed by atoms with Crippen molar-refractivity contribution in [3.63, 3.8) is 0 Å². The quantitative estimate of drug-likeness (QED) is 0.662. The summed E-state index contributed by atoms with van der Waals surface area (Å²) in [5, 5.41) is -0.0845. The van der Waals surface area contributed by atoms with Gasteiger partial charge in [-0.3, -0.25) is 0 Å². The second kappa shape index (κ2) is 5.81. The van der Waals surface area contributed by atoms with E-state index in [0.29, 0.717) is 6.42 Å². The van der Waals surface area contributed by atoms with E-state index in [2.05, 4.69) is 10.6 Å². The fourth-order valence-corrected chi connectivity index (χ4v) is 3.79. The predicted molar refractivity (Wildman–Crippen MR) is 74.1 cm³/mol. The number of benzene rings is 1. The molecule has 1 aromatic rings. The molecule has 0 fully saturated rings. The molecule has 0 amide bonds. The highest BCUT2D eigenvalue weighted by atomic mass is 35.5. The van der Waals surface area contributed by atoms with Crippen LogP contribution in [0.4, 0.5) is 5.69 Å². The molecule has 1 aromatic carbocycles. The molecule has 1 atom stereocenters. The first-order chi connectivity index (χ1) is 8.31. The summed E-state index contributed by atoms with van der Waals surface area (Å²) in [6, 6.07) is 2.03. The van der Waals surface area contributed by atoms with Gasteiger partial charge in [0.05, 0.1) is 16.1 Å². The summed E-state index contributed by atoms with van der Waals surface area (Å²) in [7, 11) is -3.87. The Balaban J connectivity index is 3.26. The number of sulfonamides is 1. The van der Waals surface area contributed by atoms with Crippen LogP contribution < -0.4 is 10.5 Å². The number of hydrogen-bond donors (Lipinski definition) is 2. The Hall–Kier alpha value is -0.930. The van der Waals surface area contributed by atoms with Crippen LogP contribution in [-0.2, 0) is 10.0 Å². The maximum Gasteiger partial charge on any atom is 0.244 e. The molecular weight excluding hydrogens is 295 g/mol. The minimum atomic E-state index is -3.87. The molecule has 1 rings (SSSR count). The smallest absolute Gasteiger partial charge is 0.244 e. The number of halogens is 2. The predicted octanol–water partition coefficient (Wildman–Crippen LogP) is 2.27. The van der Waals surface area contributed by atoms with E-state index in [1.807, 2.05) is 0 Å². The second-order valence-electron chi connectivity index (χ2n) is 3.56. The summed E-state index contributed by atoms with van der Waals surface area (Å²) in [6.45, 7) is 1.76. The number of anilines is 1. The van der Waals surface area contributed by atoms with Crippen molar-refractivity contribution in [2.24, 2.45) is 0 Å². The zero-order valence-electron chi connectivity index (χ0n) is 9.57. The van der Waals surface area contributed by atoms with Gasteiger partial charge in [-0.25, -0.2) is 8.42 Å². The number of terminal acetylenes is 1. The SMILES string of the molecule is C#CC(CC)NS(=O)(=O)c1c(Cl)cc(N)cc1Cl. The molecule has 98 valence electrons. The van der Waals surface area contributed by atoms with Crippen LogP contribution in [0.5, 0.6) is 0 Å². The first kappa shape index (κ1) is 15.1. The molecule has 3 N–H and O–H groups in total. The van der Waals surface area contributed by atoms with Gasteiger partial charge in [-0.1, -0.05) is 36.0 Å². The third-order valence-electron chi connectivity index (χ3n) is 2.20. The van der Waals surface area contributed by atoms with E-state index >= 15 is 0 Å². The molecule has 1 unspecified atom stereocenters. The standard InChI is InChI=1S/C11H12Cl2N2O2S/c1-3-8(4-2)15-18(16,17)11-9(12)5-7(14)6-10(11)13/h1,5-6,8,15H,4,14H2,2H3. The largest absolute Gasteiger partial charge is 0.399 e. The van der Waals surface area contributed by atoms with Crippen molar-refractivity contribution in [3.05, 3.63) is 22.2 Å². The Morgan fingerprint density at radius 3 is 2.33 bits per heavy atom. The maximum atomic E-state index is 12.1. The van der Waals surface area contributed by atoms with E-state index < -0.39 is 16.1 Å². The van der Waals surface area contributed by atoms with E-state index in [1.165, 1.54) is 12.1 Å². The third-order valence-corrected chi connectivity index (χ3v) is 4.59. The van der Waals surface area contributed by atoms with Gasteiger partial charge in [0.25, 0.3) is 0 Å². The lowest BCUT2D eigenvalue weighted by Crippen LogP contribution is -2.33. The summed E-state index contributed by atoms with van der Waals surface area (Å²) in [4.78, 5) is -0.214. The summed E-state index contributed by atoms with van der Waals surface area (Å²) in [5.74, 6) is 2.33. The average molecular weight is 307 g/mol. The van der Waals surface area contributed by atoms with Crippen molar-refractivity contribution in [3.8, 4) is 12.3 Å². The van der Waals surface area contributed by atoms with Crippen LogP contribution in [0.25, 0.3) is 0 Å². The molecule has 0 bridgehead atoms. The molecule has 0 aromatic heterocycles. The summed E-state index contributed by atoms with van der Waals surface area (Å²) < 4.78 is 26.5. The lowest BCUT2D eigenvalue weighted by atomic mass is 10.3. The minimum Gasteiger partial charge on any atom is -0.399 e. The van der Waals surface area contributed by atoms with Crippen LogP contribution in [0, 0.1) is 12.3 Å². The normalized spacial score (nSPS) is 13.0. The summed E-state index contributed by atoms with van der Waals surface area (Å²) in [6.07, 6.45) is 5.66. The molecule has 0 saturated carbocycles. The van der Waals surface area contributed by atoms with Gasteiger partial charge >= 0.3 is 0 Å². The van der Waals surface area contributed by atoms with Crippen LogP contribution in [0.15, 0.2) is 17.0 Å². The fourth-order valence-electron chi connectivity index (χ4n) is 1.32. The van der Waals surface area contributed by atoms with Gasteiger partial charge in [0.2, 0.25) is 10.0 Å². The molecule has 0 aliphatic carbocycles. The van der Waals surface area contributed by atoms with Crippen LogP contribution in [-0.4, -0.2) is 14.5 Å². The Labute approximate surface area is 117 Å². The second-order valence-corrected chi connectivity index (χ2v) is 6.03. The molecule has 0 radical (unpaired) electrons. The maximum absolute atomic E-state index is 12.1. The Morgan fingerprint density at radius 2 is 1.94 bits per heavy atom. The Kier molecular flexibility index (Phi) is 4.88. The Bertz CT molecular complexity index is 571. The Morgan fingerprint density at radius 1 is 1.44 bits per heavy atom. The number of hydrogen-bond acceptors (Lipinski definition) is 3. The van der Waals surface area contributed by atoms with Crippen molar-refractivity contribution in [2.45, 2.75) is 24.3 Å². The summed E-state index contributed by atoms with van der Waals surface area (Å²) >= 11 is 11.7. The molecule has 7 heteroatoms. The number of nitrogen functional groups attached to an aromatic ring is 1. The van der Waals surface area contributed by atoms with E-state index in [-0.39, 0.29) is 20.6 Å². The van der Waals surface area contributed by atoms with Gasteiger partial charge in [-0.05, 0) is 18.6 Å². The van der Waals surface area contributed by atoms with Crippen molar-refractivity contribution in [2.75, 3.05) is 5.73 Å². The minimum absolute atomic E-state index is 0.0422. The van der Waals surface area contributed by atoms with Crippen LogP contribution in [0.3, 0.4) is 0 Å². The van der Waals surface area contributed by atoms with Gasteiger partial charge in [-0.2, -0.15) is 4.72 Å². The third kappa shape index (κ3) is 3.30. The lowest BCUT2D eigenvalue weighted by Gasteiger charge is -2.14. The average Bonchev–Trinajstić information content (AvgIpc) is 2.23. The molecule has 0 aliphatic heterocycles. The highest BCUT2D eigenvalue weighted by Gasteiger charge is 2.24. The zero-order valence-corrected chi connectivity index (χ0v) is 11.9. The molecule has 0 spiro atoms. The van der Waals surface area contributed by atoms with Crippen molar-refractivity contribution >= 4 is 38.9 Å². The fraction of sp³-hybridized carbons (Fsp3) is 0.273. The summed E-state index contributed by atoms with van der Waals surface area (Å²) in [5.41, 5.74) is 5.79.